The minimum absolute atomic E-state index is 0.0569. The van der Waals surface area contributed by atoms with Gasteiger partial charge in [-0.05, 0) is 49.6 Å². The standard InChI is InChI=1S/C26H32N4O2S/c1-19(30-14-12-29(13-15-30)18-22-5-4-16-32-22)26(31)27-21-10-8-20(9-11-21)17-25-28-23-6-2-3-7-24(23)33-25/h2-3,6-11,19,22H,4-5,12-18H2,1H3,(H,27,31)/t19-,22+/m1/s1. The number of nitrogens with zero attached hydrogens (tertiary/aromatic N) is 3. The number of benzene rings is 2. The van der Waals surface area contributed by atoms with Gasteiger partial charge in [-0.3, -0.25) is 14.6 Å². The van der Waals surface area contributed by atoms with Gasteiger partial charge >= 0.3 is 0 Å². The molecule has 1 aromatic heterocycles. The van der Waals surface area contributed by atoms with E-state index in [9.17, 15) is 4.79 Å². The van der Waals surface area contributed by atoms with E-state index in [4.69, 9.17) is 9.72 Å². The summed E-state index contributed by atoms with van der Waals surface area (Å²) in [4.78, 5) is 22.3. The molecule has 33 heavy (non-hydrogen) atoms. The second-order valence-electron chi connectivity index (χ2n) is 9.09. The molecule has 0 aliphatic carbocycles. The van der Waals surface area contributed by atoms with Gasteiger partial charge in [0.25, 0.3) is 0 Å². The summed E-state index contributed by atoms with van der Waals surface area (Å²) in [7, 11) is 0. The van der Waals surface area contributed by atoms with Crippen molar-refractivity contribution in [3.63, 3.8) is 0 Å². The van der Waals surface area contributed by atoms with Crippen LogP contribution in [0.4, 0.5) is 5.69 Å². The molecule has 0 bridgehead atoms. The van der Waals surface area contributed by atoms with E-state index in [1.807, 2.05) is 31.2 Å². The fourth-order valence-corrected chi connectivity index (χ4v) is 5.70. The number of carbonyl (C=O) groups is 1. The fourth-order valence-electron chi connectivity index (χ4n) is 4.70. The Balaban J connectivity index is 1.10. The molecule has 5 rings (SSSR count). The van der Waals surface area contributed by atoms with Crippen LogP contribution < -0.4 is 5.32 Å². The van der Waals surface area contributed by atoms with E-state index in [1.165, 1.54) is 23.1 Å². The van der Waals surface area contributed by atoms with Crippen molar-refractivity contribution in [1.82, 2.24) is 14.8 Å². The van der Waals surface area contributed by atoms with Crippen LogP contribution in [0.2, 0.25) is 0 Å². The number of carbonyl (C=O) groups excluding carboxylic acids is 1. The first kappa shape index (κ1) is 22.5. The summed E-state index contributed by atoms with van der Waals surface area (Å²) < 4.78 is 6.99. The third-order valence-electron chi connectivity index (χ3n) is 6.73. The highest BCUT2D eigenvalue weighted by Gasteiger charge is 2.27. The van der Waals surface area contributed by atoms with Gasteiger partial charge < -0.3 is 10.1 Å². The molecule has 6 nitrogen and oxygen atoms in total. The van der Waals surface area contributed by atoms with Crippen molar-refractivity contribution in [3.8, 4) is 0 Å². The summed E-state index contributed by atoms with van der Waals surface area (Å²) in [5.74, 6) is 0.0569. The van der Waals surface area contributed by atoms with Crippen molar-refractivity contribution < 1.29 is 9.53 Å². The molecule has 7 heteroatoms. The molecular weight excluding hydrogens is 432 g/mol. The third kappa shape index (κ3) is 5.61. The number of anilines is 1. The van der Waals surface area contributed by atoms with E-state index >= 15 is 0 Å². The van der Waals surface area contributed by atoms with Gasteiger partial charge in [0.2, 0.25) is 5.91 Å². The van der Waals surface area contributed by atoms with Gasteiger partial charge in [0.1, 0.15) is 0 Å². The number of hydrogen-bond donors (Lipinski definition) is 1. The largest absolute Gasteiger partial charge is 0.377 e. The van der Waals surface area contributed by atoms with Gasteiger partial charge in [-0.2, -0.15) is 0 Å². The zero-order chi connectivity index (χ0) is 22.6. The first-order valence-corrected chi connectivity index (χ1v) is 12.8. The van der Waals surface area contributed by atoms with Crippen molar-refractivity contribution >= 4 is 33.1 Å². The lowest BCUT2D eigenvalue weighted by molar-refractivity contribution is -0.121. The molecule has 1 N–H and O–H groups in total. The number of thiazole rings is 1. The molecule has 2 aliphatic heterocycles. The lowest BCUT2D eigenvalue weighted by Gasteiger charge is -2.38. The quantitative estimate of drug-likeness (QED) is 0.573. The summed E-state index contributed by atoms with van der Waals surface area (Å²) in [5, 5.41) is 4.21. The monoisotopic (exact) mass is 464 g/mol. The second kappa shape index (κ2) is 10.3. The molecule has 1 amide bonds. The average molecular weight is 465 g/mol. The van der Waals surface area contributed by atoms with Crippen LogP contribution in [0.25, 0.3) is 10.2 Å². The zero-order valence-corrected chi connectivity index (χ0v) is 20.0. The highest BCUT2D eigenvalue weighted by Crippen LogP contribution is 2.24. The first-order chi connectivity index (χ1) is 16.1. The Bertz CT molecular complexity index is 1040. The first-order valence-electron chi connectivity index (χ1n) is 12.0. The van der Waals surface area contributed by atoms with Gasteiger partial charge in [0, 0.05) is 51.4 Å². The highest BCUT2D eigenvalue weighted by molar-refractivity contribution is 7.18. The number of hydrogen-bond acceptors (Lipinski definition) is 6. The summed E-state index contributed by atoms with van der Waals surface area (Å²) in [6.45, 7) is 7.77. The Kier molecular flexibility index (Phi) is 7.02. The van der Waals surface area contributed by atoms with E-state index in [0.29, 0.717) is 6.10 Å². The molecule has 2 aromatic carbocycles. The second-order valence-corrected chi connectivity index (χ2v) is 10.2. The van der Waals surface area contributed by atoms with E-state index in [0.717, 1.165) is 62.0 Å². The van der Waals surface area contributed by atoms with Gasteiger partial charge in [0.15, 0.2) is 0 Å². The molecule has 0 radical (unpaired) electrons. The van der Waals surface area contributed by atoms with Crippen LogP contribution in [-0.4, -0.2) is 72.2 Å². The maximum absolute atomic E-state index is 12.9. The number of fused-ring (bicyclic) bond motifs is 1. The van der Waals surface area contributed by atoms with Crippen molar-refractivity contribution in [2.24, 2.45) is 0 Å². The summed E-state index contributed by atoms with van der Waals surface area (Å²) in [6, 6.07) is 16.2. The summed E-state index contributed by atoms with van der Waals surface area (Å²) >= 11 is 1.74. The molecule has 2 fully saturated rings. The number of ether oxygens (including phenoxy) is 1. The van der Waals surface area contributed by atoms with Gasteiger partial charge in [-0.15, -0.1) is 11.3 Å². The fraction of sp³-hybridized carbons (Fsp3) is 0.462. The van der Waals surface area contributed by atoms with Gasteiger partial charge in [-0.1, -0.05) is 24.3 Å². The van der Waals surface area contributed by atoms with Crippen LogP contribution in [0.5, 0.6) is 0 Å². The summed E-state index contributed by atoms with van der Waals surface area (Å²) in [5.41, 5.74) is 3.10. The molecule has 3 heterocycles. The molecule has 2 atom stereocenters. The Hall–Kier alpha value is -2.32. The molecule has 174 valence electrons. The van der Waals surface area contributed by atoms with Gasteiger partial charge in [-0.25, -0.2) is 4.98 Å². The van der Waals surface area contributed by atoms with E-state index < -0.39 is 0 Å². The summed E-state index contributed by atoms with van der Waals surface area (Å²) in [6.07, 6.45) is 3.57. The smallest absolute Gasteiger partial charge is 0.241 e. The van der Waals surface area contributed by atoms with Gasteiger partial charge in [0.05, 0.1) is 27.4 Å². The van der Waals surface area contributed by atoms with Crippen LogP contribution in [0, 0.1) is 0 Å². The van der Waals surface area contributed by atoms with E-state index in [2.05, 4.69) is 39.4 Å². The molecule has 0 unspecified atom stereocenters. The number of aromatic nitrogens is 1. The highest BCUT2D eigenvalue weighted by atomic mass is 32.1. The Morgan fingerprint density at radius 1 is 1.15 bits per heavy atom. The lowest BCUT2D eigenvalue weighted by atomic mass is 10.1. The van der Waals surface area contributed by atoms with Crippen molar-refractivity contribution in [2.75, 3.05) is 44.6 Å². The van der Waals surface area contributed by atoms with Crippen molar-refractivity contribution in [1.29, 1.82) is 0 Å². The Morgan fingerprint density at radius 3 is 2.67 bits per heavy atom. The minimum atomic E-state index is -0.141. The van der Waals surface area contributed by atoms with Crippen molar-refractivity contribution in [2.45, 2.75) is 38.3 Å². The molecule has 3 aromatic rings. The predicted molar refractivity (Wildman–Crippen MR) is 134 cm³/mol. The molecule has 0 spiro atoms. The Labute approximate surface area is 199 Å². The predicted octanol–water partition coefficient (Wildman–Crippen LogP) is 4.01. The molecular formula is C26H32N4O2S. The van der Waals surface area contributed by atoms with Crippen LogP contribution in [0.3, 0.4) is 0 Å². The number of piperazine rings is 1. The number of nitrogens with one attached hydrogen (secondary N) is 1. The van der Waals surface area contributed by atoms with E-state index in [-0.39, 0.29) is 11.9 Å². The van der Waals surface area contributed by atoms with Crippen LogP contribution in [0.1, 0.15) is 30.3 Å². The normalized spacial score (nSPS) is 20.8. The topological polar surface area (TPSA) is 57.7 Å². The lowest BCUT2D eigenvalue weighted by Crippen LogP contribution is -2.53. The number of amides is 1. The average Bonchev–Trinajstić information content (AvgIpc) is 3.49. The zero-order valence-electron chi connectivity index (χ0n) is 19.2. The van der Waals surface area contributed by atoms with Crippen LogP contribution in [-0.2, 0) is 16.0 Å². The SMILES string of the molecule is C[C@H](C(=O)Nc1ccc(Cc2nc3ccccc3s2)cc1)N1CCN(C[C@@H]2CCCO2)CC1. The van der Waals surface area contributed by atoms with E-state index in [1.54, 1.807) is 11.3 Å². The van der Waals surface area contributed by atoms with Crippen LogP contribution in [0.15, 0.2) is 48.5 Å². The van der Waals surface area contributed by atoms with Crippen LogP contribution >= 0.6 is 11.3 Å². The number of rotatable bonds is 7. The maximum atomic E-state index is 12.9. The Morgan fingerprint density at radius 2 is 1.94 bits per heavy atom. The third-order valence-corrected chi connectivity index (χ3v) is 7.77. The number of para-hydroxylation sites is 1. The molecule has 0 saturated carbocycles. The maximum Gasteiger partial charge on any atom is 0.241 e. The molecule has 2 aliphatic rings. The molecule has 2 saturated heterocycles. The minimum Gasteiger partial charge on any atom is -0.377 e. The van der Waals surface area contributed by atoms with Crippen molar-refractivity contribution in [3.05, 3.63) is 59.1 Å².